The van der Waals surface area contributed by atoms with Crippen molar-refractivity contribution in [3.8, 4) is 5.75 Å². The third-order valence-electron chi connectivity index (χ3n) is 10.8. The van der Waals surface area contributed by atoms with Crippen LogP contribution >= 0.6 is 7.92 Å². The highest BCUT2D eigenvalue weighted by Gasteiger charge is 2.52. The van der Waals surface area contributed by atoms with E-state index in [-0.39, 0.29) is 5.41 Å². The molecule has 3 N–H and O–H groups in total. The van der Waals surface area contributed by atoms with E-state index in [4.69, 9.17) is 10.7 Å². The topological polar surface area (TPSA) is 61.8 Å². The first kappa shape index (κ1) is 28.0. The molecular formula is C39H42N3OP. The second kappa shape index (κ2) is 11.5. The fourth-order valence-corrected chi connectivity index (χ4v) is 11.9. The second-order valence-electron chi connectivity index (χ2n) is 13.7. The largest absolute Gasteiger partial charge is 0.505 e. The lowest BCUT2D eigenvalue weighted by molar-refractivity contribution is -0.00613. The summed E-state index contributed by atoms with van der Waals surface area (Å²) in [5.41, 5.74) is 10.9. The SMILES string of the molecule is NCc1cc(N2CCN=C2Cc2ccccc2P(c2ccccc2)c2ccccc2)c(O)c(C23CC4CC(CC(C4)C2)C3)c1. The second-order valence-corrected chi connectivity index (χ2v) is 15.9. The number of phenols is 1. The highest BCUT2D eigenvalue weighted by atomic mass is 31.1. The van der Waals surface area contributed by atoms with Crippen LogP contribution in [0.25, 0.3) is 0 Å². The van der Waals surface area contributed by atoms with Crippen molar-refractivity contribution in [2.75, 3.05) is 18.0 Å². The quantitative estimate of drug-likeness (QED) is 0.226. The molecule has 1 heterocycles. The Labute approximate surface area is 262 Å². The zero-order valence-electron chi connectivity index (χ0n) is 25.4. The number of benzene rings is 4. The van der Waals surface area contributed by atoms with E-state index >= 15 is 0 Å². The fraction of sp³-hybridized carbons (Fsp3) is 0.359. The molecule has 0 saturated heterocycles. The lowest BCUT2D eigenvalue weighted by Crippen LogP contribution is -2.48. The molecule has 0 atom stereocenters. The van der Waals surface area contributed by atoms with E-state index in [9.17, 15) is 5.11 Å². The minimum Gasteiger partial charge on any atom is -0.505 e. The van der Waals surface area contributed by atoms with Crippen LogP contribution in [0, 0.1) is 17.8 Å². The lowest BCUT2D eigenvalue weighted by atomic mass is 9.48. The molecule has 1 aliphatic heterocycles. The first-order valence-electron chi connectivity index (χ1n) is 16.5. The summed E-state index contributed by atoms with van der Waals surface area (Å²) in [7, 11) is -0.730. The summed E-state index contributed by atoms with van der Waals surface area (Å²) in [6.45, 7) is 2.00. The number of nitrogens with two attached hydrogens (primary N) is 1. The summed E-state index contributed by atoms with van der Waals surface area (Å²) in [5.74, 6) is 3.96. The zero-order valence-corrected chi connectivity index (χ0v) is 26.3. The van der Waals surface area contributed by atoms with Crippen LogP contribution in [-0.2, 0) is 18.4 Å². The fourth-order valence-electron chi connectivity index (χ4n) is 9.38. The lowest BCUT2D eigenvalue weighted by Gasteiger charge is -2.57. The average Bonchev–Trinajstić information content (AvgIpc) is 3.50. The van der Waals surface area contributed by atoms with Gasteiger partial charge in [0.25, 0.3) is 0 Å². The highest BCUT2D eigenvalue weighted by molar-refractivity contribution is 7.79. The number of amidine groups is 1. The molecule has 4 aromatic rings. The Morgan fingerprint density at radius 3 is 2.00 bits per heavy atom. The van der Waals surface area contributed by atoms with E-state index in [1.807, 2.05) is 0 Å². The molecule has 44 heavy (non-hydrogen) atoms. The third-order valence-corrected chi connectivity index (χ3v) is 13.4. The van der Waals surface area contributed by atoms with Gasteiger partial charge in [0.05, 0.1) is 12.2 Å². The number of phenolic OH excluding ortho intramolecular Hbond substituents is 1. The monoisotopic (exact) mass is 599 g/mol. The molecular weight excluding hydrogens is 557 g/mol. The summed E-state index contributed by atoms with van der Waals surface area (Å²) in [6, 6.07) is 35.1. The molecule has 0 amide bonds. The van der Waals surface area contributed by atoms with E-state index in [2.05, 4.69) is 102 Å². The normalized spacial score (nSPS) is 25.5. The van der Waals surface area contributed by atoms with Crippen molar-refractivity contribution in [2.45, 2.75) is 56.9 Å². The molecule has 0 aromatic heterocycles. The van der Waals surface area contributed by atoms with Crippen molar-refractivity contribution in [1.29, 1.82) is 0 Å². The number of aromatic hydroxyl groups is 1. The van der Waals surface area contributed by atoms with Crippen LogP contribution < -0.4 is 26.5 Å². The number of hydrogen-bond acceptors (Lipinski definition) is 4. The molecule has 4 saturated carbocycles. The Morgan fingerprint density at radius 2 is 1.39 bits per heavy atom. The molecule has 0 radical (unpaired) electrons. The van der Waals surface area contributed by atoms with Crippen LogP contribution in [0.4, 0.5) is 5.69 Å². The zero-order chi connectivity index (χ0) is 29.7. The van der Waals surface area contributed by atoms with Crippen molar-refractivity contribution in [1.82, 2.24) is 0 Å². The van der Waals surface area contributed by atoms with Gasteiger partial charge in [-0.3, -0.25) is 4.99 Å². The number of rotatable bonds is 8. The van der Waals surface area contributed by atoms with E-state index in [0.29, 0.717) is 12.3 Å². The van der Waals surface area contributed by atoms with Crippen LogP contribution in [0.5, 0.6) is 5.75 Å². The van der Waals surface area contributed by atoms with E-state index in [0.717, 1.165) is 59.9 Å². The van der Waals surface area contributed by atoms with Gasteiger partial charge in [0, 0.05) is 25.1 Å². The van der Waals surface area contributed by atoms with Gasteiger partial charge in [-0.25, -0.2) is 0 Å². The van der Waals surface area contributed by atoms with Gasteiger partial charge in [0.1, 0.15) is 11.6 Å². The summed E-state index contributed by atoms with van der Waals surface area (Å²) in [4.78, 5) is 7.35. The maximum atomic E-state index is 12.1. The smallest absolute Gasteiger partial charge is 0.143 e. The molecule has 4 fully saturated rings. The van der Waals surface area contributed by atoms with Crippen molar-refractivity contribution < 1.29 is 5.11 Å². The van der Waals surface area contributed by atoms with Crippen LogP contribution in [-0.4, -0.2) is 24.0 Å². The molecule has 5 aliphatic rings. The predicted molar refractivity (Wildman–Crippen MR) is 184 cm³/mol. The van der Waals surface area contributed by atoms with Crippen molar-refractivity contribution >= 4 is 35.4 Å². The predicted octanol–water partition coefficient (Wildman–Crippen LogP) is 6.54. The minimum absolute atomic E-state index is 0.101. The first-order valence-corrected chi connectivity index (χ1v) is 17.8. The molecule has 5 heteroatoms. The van der Waals surface area contributed by atoms with Gasteiger partial charge in [-0.15, -0.1) is 0 Å². The number of anilines is 1. The maximum Gasteiger partial charge on any atom is 0.143 e. The van der Waals surface area contributed by atoms with Crippen LogP contribution in [0.1, 0.15) is 55.2 Å². The summed E-state index contributed by atoms with van der Waals surface area (Å²) >= 11 is 0. The molecule has 0 unspecified atom stereocenters. The Bertz CT molecular complexity index is 1610. The van der Waals surface area contributed by atoms with Gasteiger partial charge >= 0.3 is 0 Å². The van der Waals surface area contributed by atoms with Crippen LogP contribution in [0.2, 0.25) is 0 Å². The standard InChI is InChI=1S/C39H42N3OP/c40-26-30-20-34(39-23-27-17-28(24-39)19-29(18-27)25-39)38(43)35(21-30)42-16-15-41-37(42)22-31-9-7-8-14-36(31)44(32-10-3-1-4-11-32)33-12-5-2-6-13-33/h1-14,20-21,27-29,43H,15-19,22-26,40H2. The van der Waals surface area contributed by atoms with Crippen molar-refractivity contribution in [3.63, 3.8) is 0 Å². The average molecular weight is 600 g/mol. The molecule has 4 nitrogen and oxygen atoms in total. The van der Waals surface area contributed by atoms with Crippen molar-refractivity contribution in [3.05, 3.63) is 114 Å². The first-order chi connectivity index (χ1) is 21.6. The van der Waals surface area contributed by atoms with E-state index in [1.54, 1.807) is 0 Å². The minimum atomic E-state index is -0.730. The van der Waals surface area contributed by atoms with Gasteiger partial charge < -0.3 is 15.7 Å². The molecule has 9 rings (SSSR count). The van der Waals surface area contributed by atoms with Gasteiger partial charge in [0.15, 0.2) is 0 Å². The molecule has 224 valence electrons. The van der Waals surface area contributed by atoms with Gasteiger partial charge in [-0.2, -0.15) is 0 Å². The van der Waals surface area contributed by atoms with Gasteiger partial charge in [0.2, 0.25) is 0 Å². The summed E-state index contributed by atoms with van der Waals surface area (Å²) in [5, 5.41) is 16.2. The number of nitrogens with zero attached hydrogens (tertiary/aromatic N) is 2. The Balaban J connectivity index is 1.16. The third kappa shape index (κ3) is 4.97. The van der Waals surface area contributed by atoms with Gasteiger partial charge in [-0.05, 0) is 103 Å². The highest BCUT2D eigenvalue weighted by Crippen LogP contribution is 2.62. The molecule has 4 bridgehead atoms. The summed E-state index contributed by atoms with van der Waals surface area (Å²) in [6.07, 6.45) is 8.55. The summed E-state index contributed by atoms with van der Waals surface area (Å²) < 4.78 is 0. The Morgan fingerprint density at radius 1 is 0.795 bits per heavy atom. The molecule has 0 spiro atoms. The molecule has 4 aromatic carbocycles. The Kier molecular flexibility index (Phi) is 7.31. The number of aliphatic imine (C=N–C) groups is 1. The van der Waals surface area contributed by atoms with E-state index < -0.39 is 7.92 Å². The number of hydrogen-bond donors (Lipinski definition) is 2. The van der Waals surface area contributed by atoms with Crippen LogP contribution in [0.3, 0.4) is 0 Å². The Hall–Kier alpha value is -3.46. The van der Waals surface area contributed by atoms with Crippen LogP contribution in [0.15, 0.2) is 102 Å². The molecule has 4 aliphatic carbocycles. The van der Waals surface area contributed by atoms with Gasteiger partial charge in [-0.1, -0.05) is 91.0 Å². The maximum absolute atomic E-state index is 12.1. The van der Waals surface area contributed by atoms with Crippen molar-refractivity contribution in [2.24, 2.45) is 28.5 Å². The van der Waals surface area contributed by atoms with E-state index in [1.165, 1.54) is 60.0 Å².